The van der Waals surface area contributed by atoms with E-state index in [1.165, 1.54) is 23.1 Å². The van der Waals surface area contributed by atoms with E-state index >= 15 is 0 Å². The molecule has 3 rings (SSSR count). The van der Waals surface area contributed by atoms with Crippen molar-refractivity contribution in [2.75, 3.05) is 11.9 Å². The molecule has 7 nitrogen and oxygen atoms in total. The van der Waals surface area contributed by atoms with Gasteiger partial charge in [-0.1, -0.05) is 18.5 Å². The van der Waals surface area contributed by atoms with Gasteiger partial charge in [-0.05, 0) is 31.5 Å². The molecule has 0 aliphatic carbocycles. The fourth-order valence-corrected chi connectivity index (χ4v) is 2.57. The fraction of sp³-hybridized carbons (Fsp3) is 0.294. The standard InChI is InChI=1S/C17H17N3O4/c1-3-4-7-20-16(22)12-6-5-11(9-13(12)17(20)23)15(21)18-14-8-10(2)24-19-14/h5-6,8-9H,3-4,7H2,1-2H3,(H,18,19,21). The first-order chi connectivity index (χ1) is 11.5. The number of imide groups is 1. The Hall–Kier alpha value is -2.96. The first-order valence-corrected chi connectivity index (χ1v) is 7.76. The van der Waals surface area contributed by atoms with Gasteiger partial charge in [-0.3, -0.25) is 19.3 Å². The van der Waals surface area contributed by atoms with Crippen molar-refractivity contribution in [2.45, 2.75) is 26.7 Å². The van der Waals surface area contributed by atoms with E-state index in [0.29, 0.717) is 23.7 Å². The van der Waals surface area contributed by atoms with Gasteiger partial charge in [0.1, 0.15) is 5.76 Å². The zero-order chi connectivity index (χ0) is 17.3. The number of rotatable bonds is 5. The Labute approximate surface area is 138 Å². The first-order valence-electron chi connectivity index (χ1n) is 7.76. The predicted octanol–water partition coefficient (Wildman–Crippen LogP) is 2.63. The molecule has 24 heavy (non-hydrogen) atoms. The van der Waals surface area contributed by atoms with E-state index in [1.807, 2.05) is 6.92 Å². The lowest BCUT2D eigenvalue weighted by Crippen LogP contribution is -2.30. The van der Waals surface area contributed by atoms with Crippen LogP contribution in [-0.2, 0) is 0 Å². The van der Waals surface area contributed by atoms with Crippen LogP contribution in [0.1, 0.15) is 56.6 Å². The van der Waals surface area contributed by atoms with Gasteiger partial charge in [-0.15, -0.1) is 0 Å². The van der Waals surface area contributed by atoms with Gasteiger partial charge in [-0.2, -0.15) is 0 Å². The summed E-state index contributed by atoms with van der Waals surface area (Å²) in [7, 11) is 0. The fourth-order valence-electron chi connectivity index (χ4n) is 2.57. The van der Waals surface area contributed by atoms with Gasteiger partial charge in [0.2, 0.25) is 0 Å². The molecule has 0 unspecified atom stereocenters. The van der Waals surface area contributed by atoms with Crippen molar-refractivity contribution in [2.24, 2.45) is 0 Å². The Morgan fingerprint density at radius 2 is 1.96 bits per heavy atom. The Balaban J connectivity index is 1.82. The van der Waals surface area contributed by atoms with Crippen molar-refractivity contribution >= 4 is 23.5 Å². The maximum Gasteiger partial charge on any atom is 0.261 e. The number of nitrogens with one attached hydrogen (secondary N) is 1. The van der Waals surface area contributed by atoms with Gasteiger partial charge < -0.3 is 9.84 Å². The number of carbonyl (C=O) groups is 3. The minimum atomic E-state index is -0.418. The molecule has 1 aliphatic rings. The Morgan fingerprint density at radius 1 is 1.21 bits per heavy atom. The molecule has 1 aromatic heterocycles. The molecule has 124 valence electrons. The van der Waals surface area contributed by atoms with Crippen LogP contribution in [-0.4, -0.2) is 34.3 Å². The zero-order valence-electron chi connectivity index (χ0n) is 13.5. The largest absolute Gasteiger partial charge is 0.360 e. The van der Waals surface area contributed by atoms with Gasteiger partial charge in [0.05, 0.1) is 11.1 Å². The Bertz CT molecular complexity index is 825. The van der Waals surface area contributed by atoms with Gasteiger partial charge in [-0.25, -0.2) is 0 Å². The lowest BCUT2D eigenvalue weighted by molar-refractivity contribution is 0.0652. The van der Waals surface area contributed by atoms with E-state index in [2.05, 4.69) is 10.5 Å². The molecule has 7 heteroatoms. The minimum absolute atomic E-state index is 0.264. The van der Waals surface area contributed by atoms with Crippen LogP contribution in [0, 0.1) is 6.92 Å². The van der Waals surface area contributed by atoms with Crippen molar-refractivity contribution in [3.63, 3.8) is 0 Å². The lowest BCUT2D eigenvalue weighted by Gasteiger charge is -2.12. The summed E-state index contributed by atoms with van der Waals surface area (Å²) < 4.78 is 4.89. The van der Waals surface area contributed by atoms with Crippen molar-refractivity contribution in [3.05, 3.63) is 46.7 Å². The highest BCUT2D eigenvalue weighted by Gasteiger charge is 2.35. The predicted molar refractivity (Wildman–Crippen MR) is 85.9 cm³/mol. The monoisotopic (exact) mass is 327 g/mol. The molecule has 1 N–H and O–H groups in total. The molecule has 1 aliphatic heterocycles. The number of carbonyl (C=O) groups excluding carboxylic acids is 3. The average Bonchev–Trinajstić information content (AvgIpc) is 3.08. The van der Waals surface area contributed by atoms with Crippen LogP contribution in [0.3, 0.4) is 0 Å². The van der Waals surface area contributed by atoms with E-state index in [1.54, 1.807) is 13.0 Å². The third kappa shape index (κ3) is 2.80. The third-order valence-corrected chi connectivity index (χ3v) is 3.84. The lowest BCUT2D eigenvalue weighted by atomic mass is 10.1. The van der Waals surface area contributed by atoms with Crippen LogP contribution in [0.4, 0.5) is 5.82 Å². The second kappa shape index (κ2) is 6.27. The number of hydrogen-bond donors (Lipinski definition) is 1. The molecule has 0 saturated carbocycles. The van der Waals surface area contributed by atoms with E-state index in [0.717, 1.165) is 12.8 Å². The van der Waals surface area contributed by atoms with E-state index < -0.39 is 5.91 Å². The molecule has 3 amide bonds. The molecule has 0 atom stereocenters. The molecular weight excluding hydrogens is 310 g/mol. The SMILES string of the molecule is CCCCN1C(=O)c2ccc(C(=O)Nc3cc(C)on3)cc2C1=O. The van der Waals surface area contributed by atoms with Crippen molar-refractivity contribution in [3.8, 4) is 0 Å². The van der Waals surface area contributed by atoms with Gasteiger partial charge in [0.25, 0.3) is 17.7 Å². The number of unbranched alkanes of at least 4 members (excludes halogenated alkanes) is 1. The molecule has 0 radical (unpaired) electrons. The molecule has 1 aromatic carbocycles. The van der Waals surface area contributed by atoms with Crippen LogP contribution < -0.4 is 5.32 Å². The number of nitrogens with zero attached hydrogens (tertiary/aromatic N) is 2. The smallest absolute Gasteiger partial charge is 0.261 e. The van der Waals surface area contributed by atoms with E-state index in [9.17, 15) is 14.4 Å². The van der Waals surface area contributed by atoms with Crippen LogP contribution in [0.5, 0.6) is 0 Å². The van der Waals surface area contributed by atoms with E-state index in [4.69, 9.17) is 4.52 Å². The number of fused-ring (bicyclic) bond motifs is 1. The average molecular weight is 327 g/mol. The number of benzene rings is 1. The Morgan fingerprint density at radius 3 is 2.62 bits per heavy atom. The van der Waals surface area contributed by atoms with Crippen LogP contribution in [0.25, 0.3) is 0 Å². The highest BCUT2D eigenvalue weighted by atomic mass is 16.5. The number of anilines is 1. The summed E-state index contributed by atoms with van der Waals surface area (Å²) >= 11 is 0. The summed E-state index contributed by atoms with van der Waals surface area (Å²) in [5.41, 5.74) is 0.887. The summed E-state index contributed by atoms with van der Waals surface area (Å²) in [6.07, 6.45) is 1.64. The number of amides is 3. The third-order valence-electron chi connectivity index (χ3n) is 3.84. The van der Waals surface area contributed by atoms with Crippen molar-refractivity contribution in [1.29, 1.82) is 0 Å². The van der Waals surface area contributed by atoms with Crippen LogP contribution in [0.2, 0.25) is 0 Å². The summed E-state index contributed by atoms with van der Waals surface area (Å²) in [5.74, 6) is -0.201. The second-order valence-corrected chi connectivity index (χ2v) is 5.65. The van der Waals surface area contributed by atoms with Gasteiger partial charge in [0.15, 0.2) is 5.82 Å². The molecule has 2 heterocycles. The molecule has 2 aromatic rings. The van der Waals surface area contributed by atoms with Crippen LogP contribution in [0.15, 0.2) is 28.8 Å². The summed E-state index contributed by atoms with van der Waals surface area (Å²) in [5, 5.41) is 6.28. The Kier molecular flexibility index (Phi) is 4.16. The summed E-state index contributed by atoms with van der Waals surface area (Å²) in [6, 6.07) is 6.08. The molecule has 0 spiro atoms. The first kappa shape index (κ1) is 15.9. The number of hydrogen-bond acceptors (Lipinski definition) is 5. The maximum atomic E-state index is 12.4. The topological polar surface area (TPSA) is 92.5 Å². The van der Waals surface area contributed by atoms with Gasteiger partial charge in [0, 0.05) is 18.2 Å². The highest BCUT2D eigenvalue weighted by Crippen LogP contribution is 2.24. The molecular formula is C17H17N3O4. The maximum absolute atomic E-state index is 12.4. The number of aromatic nitrogens is 1. The quantitative estimate of drug-likeness (QED) is 0.852. The molecule has 0 bridgehead atoms. The van der Waals surface area contributed by atoms with Crippen molar-refractivity contribution < 1.29 is 18.9 Å². The second-order valence-electron chi connectivity index (χ2n) is 5.65. The minimum Gasteiger partial charge on any atom is -0.360 e. The normalized spacial score (nSPS) is 13.3. The zero-order valence-corrected chi connectivity index (χ0v) is 13.5. The molecule has 0 fully saturated rings. The van der Waals surface area contributed by atoms with Gasteiger partial charge >= 0.3 is 0 Å². The number of aryl methyl sites for hydroxylation is 1. The van der Waals surface area contributed by atoms with Crippen molar-refractivity contribution in [1.82, 2.24) is 10.1 Å². The van der Waals surface area contributed by atoms with Crippen LogP contribution >= 0.6 is 0 Å². The molecule has 0 saturated heterocycles. The van der Waals surface area contributed by atoms with E-state index in [-0.39, 0.29) is 22.9 Å². The summed E-state index contributed by atoms with van der Waals surface area (Å²) in [6.45, 7) is 4.10. The summed E-state index contributed by atoms with van der Waals surface area (Å²) in [4.78, 5) is 38.2. The highest BCUT2D eigenvalue weighted by molar-refractivity contribution is 6.22.